The molecule has 1 nitrogen and oxygen atoms in total. The van der Waals surface area contributed by atoms with E-state index in [1.807, 2.05) is 32.2 Å². The van der Waals surface area contributed by atoms with Gasteiger partial charge in [-0.25, -0.2) is 0 Å². The minimum Gasteiger partial charge on any atom is -0.293 e. The summed E-state index contributed by atoms with van der Waals surface area (Å²) in [4.78, 5) is 4.19. The molecule has 11 heavy (non-hydrogen) atoms. The van der Waals surface area contributed by atoms with Gasteiger partial charge in [0.1, 0.15) is 0 Å². The summed E-state index contributed by atoms with van der Waals surface area (Å²) in [7, 11) is 0. The van der Waals surface area contributed by atoms with Crippen LogP contribution in [0, 0.1) is 0 Å². The average molecular weight is 151 g/mol. The molecule has 0 atom stereocenters. The van der Waals surface area contributed by atoms with Gasteiger partial charge in [-0.05, 0) is 32.8 Å². The van der Waals surface area contributed by atoms with Crippen LogP contribution in [0.5, 0.6) is 0 Å². The highest BCUT2D eigenvalue weighted by Crippen LogP contribution is 1.90. The van der Waals surface area contributed by atoms with Gasteiger partial charge in [-0.3, -0.25) is 4.99 Å². The Morgan fingerprint density at radius 1 is 1.18 bits per heavy atom. The first-order valence-corrected chi connectivity index (χ1v) is 4.14. The minimum atomic E-state index is 0.939. The molecule has 0 spiro atoms. The summed E-state index contributed by atoms with van der Waals surface area (Å²) in [5, 5.41) is 0. The van der Waals surface area contributed by atoms with Crippen molar-refractivity contribution in [1.82, 2.24) is 0 Å². The maximum atomic E-state index is 4.19. The molecule has 0 rings (SSSR count). The Balaban J connectivity index is 3.13. The Kier molecular flexibility index (Phi) is 8.44. The maximum Gasteiger partial charge on any atom is 0.0392 e. The van der Waals surface area contributed by atoms with Crippen molar-refractivity contribution in [3.05, 3.63) is 24.3 Å². The molecule has 0 radical (unpaired) electrons. The molecule has 0 aromatic carbocycles. The van der Waals surface area contributed by atoms with E-state index in [2.05, 4.69) is 17.1 Å². The number of nitrogens with zero attached hydrogens (tertiary/aromatic N) is 1. The number of hydrogen-bond donors (Lipinski definition) is 0. The molecule has 0 saturated heterocycles. The predicted molar refractivity (Wildman–Crippen MR) is 52.2 cm³/mol. The average Bonchev–Trinajstić information content (AvgIpc) is 2.03. The van der Waals surface area contributed by atoms with Crippen LogP contribution in [0.4, 0.5) is 0 Å². The first-order valence-electron chi connectivity index (χ1n) is 4.14. The largest absolute Gasteiger partial charge is 0.293 e. The lowest BCUT2D eigenvalue weighted by Crippen LogP contribution is -1.78. The second-order valence-corrected chi connectivity index (χ2v) is 2.29. The third-order valence-corrected chi connectivity index (χ3v) is 1.28. The summed E-state index contributed by atoms with van der Waals surface area (Å²) < 4.78 is 0. The summed E-state index contributed by atoms with van der Waals surface area (Å²) in [6, 6.07) is 0. The van der Waals surface area contributed by atoms with Crippen molar-refractivity contribution in [2.24, 2.45) is 4.99 Å². The third kappa shape index (κ3) is 9.15. The lowest BCUT2D eigenvalue weighted by atomic mass is 10.3. The van der Waals surface area contributed by atoms with Crippen molar-refractivity contribution in [2.45, 2.75) is 26.7 Å². The van der Waals surface area contributed by atoms with Crippen LogP contribution in [0.25, 0.3) is 0 Å². The molecule has 0 aromatic heterocycles. The van der Waals surface area contributed by atoms with Crippen LogP contribution in [0.15, 0.2) is 29.3 Å². The zero-order chi connectivity index (χ0) is 8.36. The molecule has 0 amide bonds. The Labute approximate surface area is 69.5 Å². The molecule has 0 aromatic rings. The molecule has 0 aliphatic rings. The summed E-state index contributed by atoms with van der Waals surface area (Å²) in [6.07, 6.45) is 12.3. The molecule has 0 bridgehead atoms. The minimum absolute atomic E-state index is 0.939. The molecule has 0 heterocycles. The van der Waals surface area contributed by atoms with E-state index in [1.54, 1.807) is 0 Å². The predicted octanol–water partition coefficient (Wildman–Crippen LogP) is 2.99. The van der Waals surface area contributed by atoms with Gasteiger partial charge in [0, 0.05) is 12.8 Å². The van der Waals surface area contributed by atoms with Crippen LogP contribution >= 0.6 is 0 Å². The van der Waals surface area contributed by atoms with Gasteiger partial charge < -0.3 is 0 Å². The van der Waals surface area contributed by atoms with Gasteiger partial charge in [0.15, 0.2) is 0 Å². The zero-order valence-corrected chi connectivity index (χ0v) is 7.46. The number of rotatable bonds is 5. The Morgan fingerprint density at radius 3 is 2.64 bits per heavy atom. The summed E-state index contributed by atoms with van der Waals surface area (Å²) in [5.41, 5.74) is 0. The second kappa shape index (κ2) is 9.15. The van der Waals surface area contributed by atoms with Crippen molar-refractivity contribution >= 4 is 6.21 Å². The summed E-state index contributed by atoms with van der Waals surface area (Å²) >= 11 is 0. The molecule has 62 valence electrons. The fraction of sp³-hybridized carbons (Fsp3) is 0.500. The molecule has 0 unspecified atom stereocenters. The van der Waals surface area contributed by atoms with Crippen LogP contribution in [0.1, 0.15) is 26.7 Å². The normalized spacial score (nSPS) is 12.5. The maximum absolute atomic E-state index is 4.19. The van der Waals surface area contributed by atoms with Crippen LogP contribution in [0.3, 0.4) is 0 Å². The van der Waals surface area contributed by atoms with Crippen LogP contribution in [-0.4, -0.2) is 12.8 Å². The van der Waals surface area contributed by atoms with Crippen LogP contribution in [-0.2, 0) is 0 Å². The highest BCUT2D eigenvalue weighted by atomic mass is 14.7. The second-order valence-electron chi connectivity index (χ2n) is 2.29. The SMILES string of the molecule is C/C=C\C=N/CCC/C=C/C. The highest BCUT2D eigenvalue weighted by Gasteiger charge is 1.77. The third-order valence-electron chi connectivity index (χ3n) is 1.28. The Morgan fingerprint density at radius 2 is 2.00 bits per heavy atom. The topological polar surface area (TPSA) is 12.4 Å². The number of aliphatic imine (C=N–C) groups is 1. The Hall–Kier alpha value is -0.850. The summed E-state index contributed by atoms with van der Waals surface area (Å²) in [5.74, 6) is 0. The van der Waals surface area contributed by atoms with E-state index in [-0.39, 0.29) is 0 Å². The van der Waals surface area contributed by atoms with E-state index in [1.165, 1.54) is 0 Å². The lowest BCUT2D eigenvalue weighted by Gasteiger charge is -1.87. The fourth-order valence-electron chi connectivity index (χ4n) is 0.689. The molecular weight excluding hydrogens is 134 g/mol. The quantitative estimate of drug-likeness (QED) is 0.325. The first-order chi connectivity index (χ1) is 5.41. The van der Waals surface area contributed by atoms with Gasteiger partial charge >= 0.3 is 0 Å². The molecule has 0 aliphatic carbocycles. The van der Waals surface area contributed by atoms with Crippen molar-refractivity contribution in [2.75, 3.05) is 6.54 Å². The van der Waals surface area contributed by atoms with E-state index in [0.29, 0.717) is 0 Å². The van der Waals surface area contributed by atoms with E-state index >= 15 is 0 Å². The highest BCUT2D eigenvalue weighted by molar-refractivity contribution is 5.70. The summed E-state index contributed by atoms with van der Waals surface area (Å²) in [6.45, 7) is 4.98. The molecule has 0 saturated carbocycles. The number of allylic oxidation sites excluding steroid dienone is 4. The van der Waals surface area contributed by atoms with Gasteiger partial charge in [-0.15, -0.1) is 0 Å². The molecular formula is C10H17N. The van der Waals surface area contributed by atoms with E-state index in [0.717, 1.165) is 19.4 Å². The van der Waals surface area contributed by atoms with Crippen molar-refractivity contribution in [3.8, 4) is 0 Å². The van der Waals surface area contributed by atoms with Gasteiger partial charge in [0.25, 0.3) is 0 Å². The standard InChI is InChI=1S/C10H17N/c1-3-5-7-8-10-11-9-6-4-2/h3-6,9H,7-8,10H2,1-2H3/b5-3+,6-4-,11-9-. The fourth-order valence-corrected chi connectivity index (χ4v) is 0.689. The molecule has 0 aliphatic heterocycles. The molecule has 0 N–H and O–H groups in total. The van der Waals surface area contributed by atoms with E-state index in [9.17, 15) is 0 Å². The van der Waals surface area contributed by atoms with Gasteiger partial charge in [-0.1, -0.05) is 18.2 Å². The van der Waals surface area contributed by atoms with Crippen LogP contribution in [0.2, 0.25) is 0 Å². The van der Waals surface area contributed by atoms with Gasteiger partial charge in [-0.2, -0.15) is 0 Å². The Bertz CT molecular complexity index is 143. The van der Waals surface area contributed by atoms with Crippen molar-refractivity contribution in [3.63, 3.8) is 0 Å². The number of hydrogen-bond acceptors (Lipinski definition) is 1. The smallest absolute Gasteiger partial charge is 0.0392 e. The van der Waals surface area contributed by atoms with Gasteiger partial charge in [0.2, 0.25) is 0 Å². The van der Waals surface area contributed by atoms with Gasteiger partial charge in [0.05, 0.1) is 0 Å². The lowest BCUT2D eigenvalue weighted by molar-refractivity contribution is 0.858. The van der Waals surface area contributed by atoms with Crippen molar-refractivity contribution in [1.29, 1.82) is 0 Å². The van der Waals surface area contributed by atoms with E-state index in [4.69, 9.17) is 0 Å². The zero-order valence-electron chi connectivity index (χ0n) is 7.46. The molecule has 1 heteroatoms. The van der Waals surface area contributed by atoms with Crippen LogP contribution < -0.4 is 0 Å². The molecule has 0 fully saturated rings. The van der Waals surface area contributed by atoms with Crippen molar-refractivity contribution < 1.29 is 0 Å². The first kappa shape index (κ1) is 10.2. The number of unbranched alkanes of at least 4 members (excludes halogenated alkanes) is 1. The van der Waals surface area contributed by atoms with E-state index < -0.39 is 0 Å². The monoisotopic (exact) mass is 151 g/mol.